The summed E-state index contributed by atoms with van der Waals surface area (Å²) in [4.78, 5) is 14.1. The molecule has 26 heavy (non-hydrogen) atoms. The van der Waals surface area contributed by atoms with E-state index in [1.807, 2.05) is 54.6 Å². The zero-order valence-electron chi connectivity index (χ0n) is 14.3. The maximum atomic E-state index is 12.3. The monoisotopic (exact) mass is 367 g/mol. The molecule has 132 valence electrons. The third-order valence-electron chi connectivity index (χ3n) is 4.08. The average molecular weight is 367 g/mol. The summed E-state index contributed by atoms with van der Waals surface area (Å²) in [5, 5.41) is 12.5. The molecule has 3 rings (SSSR count). The number of amides is 1. The summed E-state index contributed by atoms with van der Waals surface area (Å²) in [5.41, 5.74) is 1.52. The molecule has 1 atom stereocenters. The van der Waals surface area contributed by atoms with Gasteiger partial charge in [0.25, 0.3) is 5.91 Å². The van der Waals surface area contributed by atoms with Gasteiger partial charge in [-0.3, -0.25) is 4.79 Å². The van der Waals surface area contributed by atoms with E-state index in [0.717, 1.165) is 11.3 Å². The zero-order valence-corrected chi connectivity index (χ0v) is 15.2. The second kappa shape index (κ2) is 7.42. The molecule has 0 saturated heterocycles. The molecule has 1 aliphatic heterocycles. The average Bonchev–Trinajstić information content (AvgIpc) is 2.68. The number of anilines is 1. The summed E-state index contributed by atoms with van der Waals surface area (Å²) < 4.78 is 10.5. The molecule has 1 aliphatic rings. The molecular weight excluding hydrogens is 350 g/mol. The molecule has 0 saturated carbocycles. The highest BCUT2D eigenvalue weighted by Gasteiger charge is 2.34. The Hall–Kier alpha value is -3.11. The molecule has 0 bridgehead atoms. The molecule has 2 aromatic carbocycles. The summed E-state index contributed by atoms with van der Waals surface area (Å²) in [6.07, 6.45) is -0.532. The van der Waals surface area contributed by atoms with Crippen molar-refractivity contribution < 1.29 is 14.3 Å². The van der Waals surface area contributed by atoms with Crippen molar-refractivity contribution in [3.8, 4) is 17.6 Å². The van der Waals surface area contributed by atoms with E-state index < -0.39 is 12.1 Å². The van der Waals surface area contributed by atoms with Crippen LogP contribution in [-0.2, 0) is 4.79 Å². The number of nitriles is 1. The first-order valence-electron chi connectivity index (χ1n) is 7.80. The van der Waals surface area contributed by atoms with Gasteiger partial charge in [-0.1, -0.05) is 12.1 Å². The summed E-state index contributed by atoms with van der Waals surface area (Å²) in [6.45, 7) is 0. The van der Waals surface area contributed by atoms with E-state index in [4.69, 9.17) is 9.47 Å². The van der Waals surface area contributed by atoms with E-state index in [2.05, 4.69) is 17.9 Å². The lowest BCUT2D eigenvalue weighted by atomic mass is 10.1. The van der Waals surface area contributed by atoms with Crippen LogP contribution in [0.25, 0.3) is 0 Å². The van der Waals surface area contributed by atoms with Crippen LogP contribution in [0, 0.1) is 11.3 Å². The Balaban J connectivity index is 2.12. The number of carbonyl (C=O) groups is 1. The van der Waals surface area contributed by atoms with Gasteiger partial charge in [-0.15, -0.1) is 12.6 Å². The van der Waals surface area contributed by atoms with E-state index in [1.54, 1.807) is 19.1 Å². The Bertz CT molecular complexity index is 903. The predicted octanol–water partition coefficient (Wildman–Crippen LogP) is 3.00. The van der Waals surface area contributed by atoms with Crippen LogP contribution >= 0.6 is 12.6 Å². The molecule has 1 amide bonds. The standard InChI is InChI=1S/C19H17N3O3S/c1-24-14-8-6-13(7-9-14)22-17(12-4-3-5-15(10-12)25-2)21-18(23)16(11-20)19(22)26/h3-10,17,26H,1-2H3,(H,21,23)/t17-/m0/s1. The minimum atomic E-state index is -0.532. The highest BCUT2D eigenvalue weighted by molar-refractivity contribution is 7.84. The molecule has 0 aromatic heterocycles. The third-order valence-corrected chi connectivity index (χ3v) is 4.52. The highest BCUT2D eigenvalue weighted by atomic mass is 32.1. The molecule has 1 heterocycles. The lowest BCUT2D eigenvalue weighted by Gasteiger charge is -2.38. The summed E-state index contributed by atoms with van der Waals surface area (Å²) in [5.74, 6) is 0.912. The topological polar surface area (TPSA) is 74.6 Å². The molecule has 0 aliphatic carbocycles. The number of hydrogen-bond donors (Lipinski definition) is 2. The summed E-state index contributed by atoms with van der Waals surface area (Å²) >= 11 is 4.47. The van der Waals surface area contributed by atoms with Gasteiger partial charge >= 0.3 is 0 Å². The molecule has 7 heteroatoms. The number of hydrogen-bond acceptors (Lipinski definition) is 6. The molecule has 0 radical (unpaired) electrons. The first kappa shape index (κ1) is 17.7. The second-order valence-corrected chi connectivity index (χ2v) is 5.95. The predicted molar refractivity (Wildman–Crippen MR) is 101 cm³/mol. The van der Waals surface area contributed by atoms with E-state index in [1.165, 1.54) is 0 Å². The van der Waals surface area contributed by atoms with Gasteiger partial charge < -0.3 is 19.7 Å². The minimum absolute atomic E-state index is 0.0386. The first-order valence-corrected chi connectivity index (χ1v) is 8.25. The van der Waals surface area contributed by atoms with Gasteiger partial charge in [0.1, 0.15) is 29.3 Å². The fourth-order valence-corrected chi connectivity index (χ4v) is 3.15. The van der Waals surface area contributed by atoms with Crippen LogP contribution in [0.1, 0.15) is 11.7 Å². The third kappa shape index (κ3) is 3.19. The number of carbonyl (C=O) groups excluding carboxylic acids is 1. The Morgan fingerprint density at radius 3 is 2.42 bits per heavy atom. The zero-order chi connectivity index (χ0) is 18.7. The molecule has 6 nitrogen and oxygen atoms in total. The number of nitrogens with one attached hydrogen (secondary N) is 1. The van der Waals surface area contributed by atoms with Crippen molar-refractivity contribution in [1.29, 1.82) is 5.26 Å². The van der Waals surface area contributed by atoms with Gasteiger partial charge in [0.15, 0.2) is 0 Å². The van der Waals surface area contributed by atoms with Crippen LogP contribution in [0.3, 0.4) is 0 Å². The van der Waals surface area contributed by atoms with Crippen LogP contribution in [0.5, 0.6) is 11.5 Å². The Kier molecular flexibility index (Phi) is 5.05. The molecule has 0 fully saturated rings. The lowest BCUT2D eigenvalue weighted by molar-refractivity contribution is -0.118. The van der Waals surface area contributed by atoms with Crippen molar-refractivity contribution in [3.63, 3.8) is 0 Å². The number of ether oxygens (including phenoxy) is 2. The number of nitrogens with zero attached hydrogens (tertiary/aromatic N) is 2. The Morgan fingerprint density at radius 1 is 1.12 bits per heavy atom. The number of benzene rings is 2. The van der Waals surface area contributed by atoms with Crippen molar-refractivity contribution in [3.05, 3.63) is 64.7 Å². The second-order valence-electron chi connectivity index (χ2n) is 5.53. The van der Waals surface area contributed by atoms with E-state index in [0.29, 0.717) is 11.5 Å². The molecule has 1 N–H and O–H groups in total. The smallest absolute Gasteiger partial charge is 0.266 e. The maximum absolute atomic E-state index is 12.3. The lowest BCUT2D eigenvalue weighted by Crippen LogP contribution is -2.46. The van der Waals surface area contributed by atoms with Crippen molar-refractivity contribution in [1.82, 2.24) is 5.32 Å². The fourth-order valence-electron chi connectivity index (χ4n) is 2.76. The first-order chi connectivity index (χ1) is 12.6. The molecular formula is C19H17N3O3S. The van der Waals surface area contributed by atoms with Gasteiger partial charge in [-0.2, -0.15) is 5.26 Å². The van der Waals surface area contributed by atoms with Crippen LogP contribution < -0.4 is 19.7 Å². The van der Waals surface area contributed by atoms with E-state index in [-0.39, 0.29) is 10.6 Å². The molecule has 0 unspecified atom stereocenters. The van der Waals surface area contributed by atoms with Gasteiger partial charge in [0.2, 0.25) is 0 Å². The van der Waals surface area contributed by atoms with Crippen LogP contribution in [0.2, 0.25) is 0 Å². The van der Waals surface area contributed by atoms with Gasteiger partial charge in [0, 0.05) is 5.69 Å². The van der Waals surface area contributed by atoms with Crippen molar-refractivity contribution in [2.75, 3.05) is 19.1 Å². The SMILES string of the molecule is COc1ccc(N2C(S)=C(C#N)C(=O)N[C@@H]2c2cccc(OC)c2)cc1. The Morgan fingerprint density at radius 2 is 1.81 bits per heavy atom. The largest absolute Gasteiger partial charge is 0.497 e. The van der Waals surface area contributed by atoms with E-state index in [9.17, 15) is 10.1 Å². The number of methoxy groups -OCH3 is 2. The van der Waals surface area contributed by atoms with Crippen LogP contribution in [-0.4, -0.2) is 20.1 Å². The minimum Gasteiger partial charge on any atom is -0.497 e. The van der Waals surface area contributed by atoms with Crippen molar-refractivity contribution in [2.45, 2.75) is 6.17 Å². The summed E-state index contributed by atoms with van der Waals surface area (Å²) in [7, 11) is 3.17. The van der Waals surface area contributed by atoms with Crippen LogP contribution in [0.15, 0.2) is 59.1 Å². The van der Waals surface area contributed by atoms with Gasteiger partial charge in [0.05, 0.1) is 19.2 Å². The fraction of sp³-hybridized carbons (Fsp3) is 0.158. The highest BCUT2D eigenvalue weighted by Crippen LogP contribution is 2.37. The Labute approximate surface area is 157 Å². The van der Waals surface area contributed by atoms with Crippen molar-refractivity contribution >= 4 is 24.2 Å². The molecule has 2 aromatic rings. The van der Waals surface area contributed by atoms with Crippen molar-refractivity contribution in [2.24, 2.45) is 0 Å². The normalized spacial score (nSPS) is 16.8. The molecule has 0 spiro atoms. The quantitative estimate of drug-likeness (QED) is 0.813. The van der Waals surface area contributed by atoms with Gasteiger partial charge in [-0.25, -0.2) is 0 Å². The summed E-state index contributed by atoms with van der Waals surface area (Å²) in [6, 6.07) is 16.6. The number of thiol groups is 1. The number of rotatable bonds is 4. The van der Waals surface area contributed by atoms with E-state index >= 15 is 0 Å². The van der Waals surface area contributed by atoms with Gasteiger partial charge in [-0.05, 0) is 42.0 Å². The van der Waals surface area contributed by atoms with Crippen LogP contribution in [0.4, 0.5) is 5.69 Å². The maximum Gasteiger partial charge on any atom is 0.266 e.